The predicted octanol–water partition coefficient (Wildman–Crippen LogP) is 3.24. The molecule has 0 aliphatic heterocycles. The minimum absolute atomic E-state index is 0.0416. The first kappa shape index (κ1) is 14.1. The van der Waals surface area contributed by atoms with Gasteiger partial charge in [0.1, 0.15) is 5.82 Å². The summed E-state index contributed by atoms with van der Waals surface area (Å²) in [5.74, 6) is 1.23. The Morgan fingerprint density at radius 1 is 1.20 bits per heavy atom. The van der Waals surface area contributed by atoms with Crippen LogP contribution in [0.25, 0.3) is 16.7 Å². The molecule has 0 amide bonds. The second-order valence-electron chi connectivity index (χ2n) is 8.39. The van der Waals surface area contributed by atoms with E-state index in [4.69, 9.17) is 10.7 Å². The number of imidazole rings is 1. The molecule has 3 atom stereocenters. The molecular formula is C20H23N5. The molecule has 0 aromatic carbocycles. The summed E-state index contributed by atoms with van der Waals surface area (Å²) < 4.78 is 2.36. The van der Waals surface area contributed by atoms with Gasteiger partial charge in [0, 0.05) is 29.0 Å². The zero-order valence-electron chi connectivity index (χ0n) is 14.4. The molecule has 3 N–H and O–H groups in total. The first-order valence-electron chi connectivity index (χ1n) is 9.38. The summed E-state index contributed by atoms with van der Waals surface area (Å²) in [6.45, 7) is 3.92. The van der Waals surface area contributed by atoms with Gasteiger partial charge in [0.15, 0.2) is 5.65 Å². The fraction of sp³-hybridized carbons (Fsp3) is 0.500. The number of nitrogens with zero attached hydrogens (tertiary/aromatic N) is 3. The van der Waals surface area contributed by atoms with Crippen molar-refractivity contribution in [1.82, 2.24) is 19.4 Å². The number of fused-ring (bicyclic) bond motifs is 3. The van der Waals surface area contributed by atoms with Crippen LogP contribution in [0.1, 0.15) is 50.0 Å². The van der Waals surface area contributed by atoms with Gasteiger partial charge in [-0.2, -0.15) is 0 Å². The first-order valence-corrected chi connectivity index (χ1v) is 9.38. The average Bonchev–Trinajstić information content (AvgIpc) is 3.20. The molecule has 0 radical (unpaired) electrons. The Morgan fingerprint density at radius 2 is 2.00 bits per heavy atom. The van der Waals surface area contributed by atoms with Gasteiger partial charge in [-0.3, -0.25) is 4.40 Å². The van der Waals surface area contributed by atoms with Gasteiger partial charge < -0.3 is 10.7 Å². The lowest BCUT2D eigenvalue weighted by atomic mass is 9.38. The number of nitrogens with two attached hydrogens (primary N) is 1. The van der Waals surface area contributed by atoms with E-state index in [1.807, 2.05) is 18.5 Å². The molecule has 5 heteroatoms. The summed E-state index contributed by atoms with van der Waals surface area (Å²) in [5.41, 5.74) is 11.6. The Kier molecular flexibility index (Phi) is 2.34. The zero-order valence-corrected chi connectivity index (χ0v) is 14.4. The summed E-state index contributed by atoms with van der Waals surface area (Å²) >= 11 is 0. The number of allylic oxidation sites excluding steroid dienone is 1. The van der Waals surface area contributed by atoms with E-state index in [-0.39, 0.29) is 16.4 Å². The van der Waals surface area contributed by atoms with Crippen LogP contribution in [0.2, 0.25) is 0 Å². The van der Waals surface area contributed by atoms with E-state index in [0.29, 0.717) is 0 Å². The van der Waals surface area contributed by atoms with Crippen LogP contribution in [0.3, 0.4) is 0 Å². The molecule has 3 saturated carbocycles. The van der Waals surface area contributed by atoms with Crippen LogP contribution < -0.4 is 5.73 Å². The molecule has 1 spiro atoms. The summed E-state index contributed by atoms with van der Waals surface area (Å²) in [7, 11) is 0. The molecule has 0 bridgehead atoms. The topological polar surface area (TPSA) is 72.0 Å². The van der Waals surface area contributed by atoms with Crippen molar-refractivity contribution in [2.75, 3.05) is 0 Å². The van der Waals surface area contributed by atoms with Gasteiger partial charge in [-0.15, -0.1) is 6.58 Å². The zero-order chi connectivity index (χ0) is 16.9. The van der Waals surface area contributed by atoms with Crippen molar-refractivity contribution >= 4 is 16.7 Å². The van der Waals surface area contributed by atoms with E-state index < -0.39 is 0 Å². The van der Waals surface area contributed by atoms with Crippen molar-refractivity contribution in [1.29, 1.82) is 0 Å². The van der Waals surface area contributed by atoms with E-state index in [2.05, 4.69) is 27.0 Å². The maximum absolute atomic E-state index is 6.84. The molecule has 128 valence electrons. The minimum Gasteiger partial charge on any atom is -0.345 e. The molecule has 3 heterocycles. The van der Waals surface area contributed by atoms with Crippen LogP contribution in [-0.2, 0) is 11.8 Å². The van der Waals surface area contributed by atoms with E-state index in [1.54, 1.807) is 0 Å². The van der Waals surface area contributed by atoms with Crippen molar-refractivity contribution in [3.63, 3.8) is 0 Å². The van der Waals surface area contributed by atoms with Crippen LogP contribution in [0, 0.1) is 5.41 Å². The molecule has 25 heavy (non-hydrogen) atoms. The maximum atomic E-state index is 6.84. The lowest BCUT2D eigenvalue weighted by molar-refractivity contribution is -0.111. The normalized spacial score (nSPS) is 36.0. The molecule has 6 rings (SSSR count). The fourth-order valence-electron chi connectivity index (χ4n) is 6.39. The van der Waals surface area contributed by atoms with Gasteiger partial charge in [0.05, 0.1) is 22.9 Å². The van der Waals surface area contributed by atoms with Crippen LogP contribution in [-0.4, -0.2) is 24.9 Å². The van der Waals surface area contributed by atoms with Gasteiger partial charge >= 0.3 is 0 Å². The fourth-order valence-corrected chi connectivity index (χ4v) is 6.39. The second-order valence-corrected chi connectivity index (χ2v) is 8.39. The third kappa shape index (κ3) is 1.32. The molecular weight excluding hydrogens is 310 g/mol. The van der Waals surface area contributed by atoms with Gasteiger partial charge in [-0.25, -0.2) is 9.97 Å². The van der Waals surface area contributed by atoms with Crippen molar-refractivity contribution in [2.45, 2.75) is 55.9 Å². The number of rotatable bonds is 3. The second kappa shape index (κ2) is 4.15. The van der Waals surface area contributed by atoms with Crippen LogP contribution >= 0.6 is 0 Å². The minimum atomic E-state index is 0.0416. The quantitative estimate of drug-likeness (QED) is 0.723. The molecule has 3 aromatic rings. The average molecular weight is 333 g/mol. The van der Waals surface area contributed by atoms with Gasteiger partial charge in [-0.05, 0) is 44.6 Å². The Hall–Kier alpha value is -2.14. The van der Waals surface area contributed by atoms with Crippen molar-refractivity contribution in [2.24, 2.45) is 11.1 Å². The summed E-state index contributed by atoms with van der Waals surface area (Å²) in [5, 5.41) is 0. The highest BCUT2D eigenvalue weighted by atomic mass is 15.1. The highest BCUT2D eigenvalue weighted by Crippen LogP contribution is 2.77. The summed E-state index contributed by atoms with van der Waals surface area (Å²) in [6.07, 6.45) is 13.9. The number of aromatic nitrogens is 4. The highest BCUT2D eigenvalue weighted by Gasteiger charge is 2.77. The third-order valence-electron chi connectivity index (χ3n) is 7.86. The molecule has 0 saturated heterocycles. The monoisotopic (exact) mass is 333 g/mol. The number of hydrogen-bond donors (Lipinski definition) is 2. The largest absolute Gasteiger partial charge is 0.345 e. The van der Waals surface area contributed by atoms with Crippen LogP contribution in [0.5, 0.6) is 0 Å². The number of hydrogen-bond acceptors (Lipinski definition) is 3. The van der Waals surface area contributed by atoms with Crippen LogP contribution in [0.15, 0.2) is 31.1 Å². The number of nitrogens with one attached hydrogen (secondary N) is 1. The van der Waals surface area contributed by atoms with Gasteiger partial charge in [-0.1, -0.05) is 6.08 Å². The van der Waals surface area contributed by atoms with E-state index in [9.17, 15) is 0 Å². The molecule has 3 aromatic heterocycles. The lowest BCUT2D eigenvalue weighted by Gasteiger charge is -2.67. The molecule has 5 nitrogen and oxygen atoms in total. The molecule has 3 fully saturated rings. The smallest absolute Gasteiger partial charge is 0.154 e. The van der Waals surface area contributed by atoms with Crippen LogP contribution in [0.4, 0.5) is 0 Å². The maximum Gasteiger partial charge on any atom is 0.154 e. The summed E-state index contributed by atoms with van der Waals surface area (Å²) in [6, 6.07) is 2.12. The third-order valence-corrected chi connectivity index (χ3v) is 7.86. The lowest BCUT2D eigenvalue weighted by Crippen LogP contribution is -2.71. The number of aromatic amines is 1. The van der Waals surface area contributed by atoms with Crippen molar-refractivity contribution in [3.05, 3.63) is 42.6 Å². The van der Waals surface area contributed by atoms with E-state index in [0.717, 1.165) is 35.2 Å². The van der Waals surface area contributed by atoms with Crippen molar-refractivity contribution < 1.29 is 0 Å². The predicted molar refractivity (Wildman–Crippen MR) is 97.5 cm³/mol. The first-order chi connectivity index (χ1) is 12.1. The Labute approximate surface area is 146 Å². The Bertz CT molecular complexity index is 1040. The van der Waals surface area contributed by atoms with Gasteiger partial charge in [0.2, 0.25) is 0 Å². The Morgan fingerprint density at radius 3 is 2.72 bits per heavy atom. The molecule has 3 aliphatic rings. The standard InChI is InChI=1S/C20H23N5/c1-2-3-13-15-12-23-16-14(4-11-22-16)25(15)17(24-13)18-5-7-19(18)8-10-20(19,21)9-6-18/h2,4,11-12,22H,1,3,5-10,21H2. The van der Waals surface area contributed by atoms with E-state index in [1.165, 1.54) is 37.9 Å². The number of H-pyrrole nitrogens is 1. The Balaban J connectivity index is 1.68. The summed E-state index contributed by atoms with van der Waals surface area (Å²) in [4.78, 5) is 13.0. The molecule has 3 aliphatic carbocycles. The van der Waals surface area contributed by atoms with Crippen molar-refractivity contribution in [3.8, 4) is 0 Å². The SMILES string of the molecule is C=CCc1nc(C23CCC4(N)CCC42CC3)n2c1cnc1[nH]ccc12. The van der Waals surface area contributed by atoms with Gasteiger partial charge in [0.25, 0.3) is 0 Å². The molecule has 3 unspecified atom stereocenters. The van der Waals surface area contributed by atoms with E-state index >= 15 is 0 Å². The highest BCUT2D eigenvalue weighted by molar-refractivity contribution is 5.77.